The Balaban J connectivity index is 1.56. The Hall–Kier alpha value is -2.14. The number of ether oxygens (including phenoxy) is 1. The molecule has 1 aromatic heterocycles. The molecule has 0 bridgehead atoms. The van der Waals surface area contributed by atoms with Crippen molar-refractivity contribution < 1.29 is 14.1 Å². The van der Waals surface area contributed by atoms with Crippen molar-refractivity contribution in [3.8, 4) is 0 Å². The lowest BCUT2D eigenvalue weighted by Gasteiger charge is -2.25. The molecule has 104 valence electrons. The van der Waals surface area contributed by atoms with Crippen molar-refractivity contribution >= 4 is 5.91 Å². The third-order valence-electron chi connectivity index (χ3n) is 3.39. The molecular formula is C15H16N2O3. The molecule has 0 radical (unpaired) electrons. The van der Waals surface area contributed by atoms with E-state index >= 15 is 0 Å². The minimum absolute atomic E-state index is 0.00171. The second-order valence-electron chi connectivity index (χ2n) is 4.94. The first kappa shape index (κ1) is 12.9. The van der Waals surface area contributed by atoms with Gasteiger partial charge in [-0.1, -0.05) is 29.4 Å². The standard InChI is InChI=1S/C15H16N2O3/c1-10-6-14(17-20-10)15(18)16-8-13-7-11-4-2-3-5-12(11)9-19-13/h2-6,13H,7-9H2,1H3,(H,16,18)/t13-/m1/s1. The quantitative estimate of drug-likeness (QED) is 0.926. The normalized spacial score (nSPS) is 17.6. The number of hydrogen-bond acceptors (Lipinski definition) is 4. The summed E-state index contributed by atoms with van der Waals surface area (Å²) >= 11 is 0. The van der Waals surface area contributed by atoms with Crippen LogP contribution in [0.15, 0.2) is 34.9 Å². The van der Waals surface area contributed by atoms with Crippen LogP contribution in [0.3, 0.4) is 0 Å². The zero-order valence-electron chi connectivity index (χ0n) is 11.3. The van der Waals surface area contributed by atoms with Crippen LogP contribution in [0.2, 0.25) is 0 Å². The van der Waals surface area contributed by atoms with Gasteiger partial charge in [0.05, 0.1) is 12.7 Å². The van der Waals surface area contributed by atoms with Crippen molar-refractivity contribution in [1.29, 1.82) is 0 Å². The molecule has 1 amide bonds. The summed E-state index contributed by atoms with van der Waals surface area (Å²) in [6, 6.07) is 9.83. The average Bonchev–Trinajstić information content (AvgIpc) is 2.91. The van der Waals surface area contributed by atoms with Gasteiger partial charge in [-0.15, -0.1) is 0 Å². The summed E-state index contributed by atoms with van der Waals surface area (Å²) in [6.07, 6.45) is 0.815. The Morgan fingerprint density at radius 3 is 2.95 bits per heavy atom. The van der Waals surface area contributed by atoms with Crippen molar-refractivity contribution in [3.63, 3.8) is 0 Å². The summed E-state index contributed by atoms with van der Waals surface area (Å²) in [6.45, 7) is 2.82. The minimum atomic E-state index is -0.232. The molecule has 5 nitrogen and oxygen atoms in total. The molecule has 1 N–H and O–H groups in total. The molecule has 0 unspecified atom stereocenters. The Kier molecular flexibility index (Phi) is 3.52. The van der Waals surface area contributed by atoms with E-state index in [9.17, 15) is 4.79 Å². The van der Waals surface area contributed by atoms with Gasteiger partial charge in [-0.2, -0.15) is 0 Å². The van der Waals surface area contributed by atoms with Gasteiger partial charge in [-0.05, 0) is 18.1 Å². The highest BCUT2D eigenvalue weighted by Crippen LogP contribution is 2.19. The Bertz CT molecular complexity index is 621. The summed E-state index contributed by atoms with van der Waals surface area (Å²) in [7, 11) is 0. The second-order valence-corrected chi connectivity index (χ2v) is 4.94. The summed E-state index contributed by atoms with van der Waals surface area (Å²) < 4.78 is 10.6. The van der Waals surface area contributed by atoms with Gasteiger partial charge < -0.3 is 14.6 Å². The maximum Gasteiger partial charge on any atom is 0.273 e. The number of aromatic nitrogens is 1. The van der Waals surface area contributed by atoms with Crippen LogP contribution in [0.4, 0.5) is 0 Å². The van der Waals surface area contributed by atoms with E-state index in [-0.39, 0.29) is 12.0 Å². The van der Waals surface area contributed by atoms with E-state index < -0.39 is 0 Å². The van der Waals surface area contributed by atoms with Crippen LogP contribution in [-0.2, 0) is 17.8 Å². The summed E-state index contributed by atoms with van der Waals surface area (Å²) in [4.78, 5) is 11.9. The molecule has 2 heterocycles. The first-order chi connectivity index (χ1) is 9.72. The molecule has 1 aliphatic heterocycles. The van der Waals surface area contributed by atoms with Gasteiger partial charge in [0.15, 0.2) is 5.69 Å². The van der Waals surface area contributed by atoms with Crippen LogP contribution in [0.5, 0.6) is 0 Å². The molecule has 0 fully saturated rings. The number of nitrogens with one attached hydrogen (secondary N) is 1. The molecule has 1 aliphatic rings. The van der Waals surface area contributed by atoms with Gasteiger partial charge in [0.1, 0.15) is 5.76 Å². The van der Waals surface area contributed by atoms with Gasteiger partial charge in [0.2, 0.25) is 0 Å². The molecular weight excluding hydrogens is 256 g/mol. The highest BCUT2D eigenvalue weighted by atomic mass is 16.5. The van der Waals surface area contributed by atoms with Crippen LogP contribution >= 0.6 is 0 Å². The van der Waals surface area contributed by atoms with Gasteiger partial charge in [0, 0.05) is 19.0 Å². The van der Waals surface area contributed by atoms with Crippen molar-refractivity contribution in [2.24, 2.45) is 0 Å². The van der Waals surface area contributed by atoms with Crippen molar-refractivity contribution in [2.45, 2.75) is 26.1 Å². The Morgan fingerprint density at radius 2 is 2.20 bits per heavy atom. The number of carbonyl (C=O) groups excluding carboxylic acids is 1. The minimum Gasteiger partial charge on any atom is -0.371 e. The van der Waals surface area contributed by atoms with Crippen LogP contribution < -0.4 is 5.32 Å². The predicted molar refractivity (Wildman–Crippen MR) is 72.3 cm³/mol. The second kappa shape index (κ2) is 5.46. The van der Waals surface area contributed by atoms with Gasteiger partial charge >= 0.3 is 0 Å². The smallest absolute Gasteiger partial charge is 0.273 e. The molecule has 5 heteroatoms. The molecule has 2 aromatic rings. The first-order valence-electron chi connectivity index (χ1n) is 6.62. The predicted octanol–water partition coefficient (Wildman–Crippen LogP) is 1.85. The molecule has 0 spiro atoms. The molecule has 0 saturated heterocycles. The fraction of sp³-hybridized carbons (Fsp3) is 0.333. The third-order valence-corrected chi connectivity index (χ3v) is 3.39. The van der Waals surface area contributed by atoms with Crippen molar-refractivity contribution in [1.82, 2.24) is 10.5 Å². The van der Waals surface area contributed by atoms with E-state index in [0.717, 1.165) is 6.42 Å². The number of rotatable bonds is 3. The SMILES string of the molecule is Cc1cc(C(=O)NC[C@H]2Cc3ccccc3CO2)no1. The fourth-order valence-electron chi connectivity index (χ4n) is 2.31. The molecule has 1 aromatic carbocycles. The zero-order chi connectivity index (χ0) is 13.9. The number of nitrogens with zero attached hydrogens (tertiary/aromatic N) is 1. The van der Waals surface area contributed by atoms with Crippen LogP contribution in [0, 0.1) is 6.92 Å². The zero-order valence-corrected chi connectivity index (χ0v) is 11.3. The Morgan fingerprint density at radius 1 is 1.40 bits per heavy atom. The highest BCUT2D eigenvalue weighted by molar-refractivity contribution is 5.92. The molecule has 20 heavy (non-hydrogen) atoms. The monoisotopic (exact) mass is 272 g/mol. The number of aryl methyl sites for hydroxylation is 1. The van der Waals surface area contributed by atoms with E-state index in [1.165, 1.54) is 11.1 Å². The molecule has 3 rings (SSSR count). The number of carbonyl (C=O) groups is 1. The van der Waals surface area contributed by atoms with Gasteiger partial charge in [-0.25, -0.2) is 0 Å². The van der Waals surface area contributed by atoms with Gasteiger partial charge in [0.25, 0.3) is 5.91 Å². The third kappa shape index (κ3) is 2.72. The van der Waals surface area contributed by atoms with Crippen molar-refractivity contribution in [3.05, 3.63) is 52.9 Å². The van der Waals surface area contributed by atoms with E-state index in [2.05, 4.69) is 22.6 Å². The first-order valence-corrected chi connectivity index (χ1v) is 6.62. The fourth-order valence-corrected chi connectivity index (χ4v) is 2.31. The average molecular weight is 272 g/mol. The number of fused-ring (bicyclic) bond motifs is 1. The lowest BCUT2D eigenvalue weighted by atomic mass is 9.99. The Labute approximate surface area is 116 Å². The largest absolute Gasteiger partial charge is 0.371 e. The van der Waals surface area contributed by atoms with Crippen LogP contribution in [0.1, 0.15) is 27.4 Å². The number of amides is 1. The summed E-state index contributed by atoms with van der Waals surface area (Å²) in [5.41, 5.74) is 2.82. The highest BCUT2D eigenvalue weighted by Gasteiger charge is 2.20. The summed E-state index contributed by atoms with van der Waals surface area (Å²) in [5, 5.41) is 6.51. The van der Waals surface area contributed by atoms with Crippen LogP contribution in [0.25, 0.3) is 0 Å². The molecule has 0 saturated carbocycles. The maximum absolute atomic E-state index is 11.9. The van der Waals surface area contributed by atoms with E-state index in [4.69, 9.17) is 9.26 Å². The maximum atomic E-state index is 11.9. The van der Waals surface area contributed by atoms with Crippen LogP contribution in [-0.4, -0.2) is 23.7 Å². The number of benzene rings is 1. The van der Waals surface area contributed by atoms with E-state index in [0.29, 0.717) is 24.6 Å². The molecule has 0 aliphatic carbocycles. The summed E-state index contributed by atoms with van der Waals surface area (Å²) in [5.74, 6) is 0.391. The lowest BCUT2D eigenvalue weighted by molar-refractivity contribution is 0.0284. The lowest BCUT2D eigenvalue weighted by Crippen LogP contribution is -2.36. The molecule has 1 atom stereocenters. The van der Waals surface area contributed by atoms with Crippen molar-refractivity contribution in [2.75, 3.05) is 6.54 Å². The van der Waals surface area contributed by atoms with E-state index in [1.54, 1.807) is 13.0 Å². The van der Waals surface area contributed by atoms with Gasteiger partial charge in [-0.3, -0.25) is 4.79 Å². The van der Waals surface area contributed by atoms with E-state index in [1.807, 2.05) is 12.1 Å². The number of hydrogen-bond donors (Lipinski definition) is 1. The topological polar surface area (TPSA) is 64.4 Å².